The normalized spacial score (nSPS) is 15.6. The Morgan fingerprint density at radius 3 is 2.63 bits per heavy atom. The Labute approximate surface area is 236 Å². The number of hydrogen-bond donors (Lipinski definition) is 1. The van der Waals surface area contributed by atoms with Crippen molar-refractivity contribution < 1.29 is 33.3 Å². The van der Waals surface area contributed by atoms with Crippen LogP contribution in [0.5, 0.6) is 23.0 Å². The fourth-order valence-electron chi connectivity index (χ4n) is 3.93. The lowest BCUT2D eigenvalue weighted by atomic mass is 10.1. The van der Waals surface area contributed by atoms with Gasteiger partial charge in [0.2, 0.25) is 6.79 Å². The Morgan fingerprint density at radius 2 is 1.87 bits per heavy atom. The molecule has 3 aromatic rings. The van der Waals surface area contributed by atoms with Gasteiger partial charge in [0.25, 0.3) is 11.8 Å². The molecule has 1 saturated heterocycles. The van der Waals surface area contributed by atoms with E-state index in [1.807, 2.05) is 18.2 Å². The standard InChI is InChI=1S/C27H20ClIN2O7/c1-14-3-5-17(11-19(14)28)31-26(33)18(25(32)30-27(31)34)7-16-8-20(29)24(23(10-16)35-2)36-12-15-4-6-21-22(9-15)38-13-37-21/h3-11H,12-13H2,1-2H3,(H,30,32,34)/b18-7-. The van der Waals surface area contributed by atoms with Crippen LogP contribution in [-0.4, -0.2) is 31.7 Å². The molecule has 11 heteroatoms. The second-order valence-electron chi connectivity index (χ2n) is 8.40. The monoisotopic (exact) mass is 646 g/mol. The smallest absolute Gasteiger partial charge is 0.335 e. The molecule has 1 fully saturated rings. The van der Waals surface area contributed by atoms with Crippen LogP contribution in [0.15, 0.2) is 54.1 Å². The zero-order valence-electron chi connectivity index (χ0n) is 20.2. The summed E-state index contributed by atoms with van der Waals surface area (Å²) in [5, 5.41) is 2.60. The Morgan fingerprint density at radius 1 is 1.08 bits per heavy atom. The van der Waals surface area contributed by atoms with E-state index in [0.29, 0.717) is 37.2 Å². The number of ether oxygens (including phenoxy) is 4. The van der Waals surface area contributed by atoms with Gasteiger partial charge in [0.15, 0.2) is 23.0 Å². The van der Waals surface area contributed by atoms with Crippen molar-refractivity contribution in [1.29, 1.82) is 0 Å². The van der Waals surface area contributed by atoms with Gasteiger partial charge in [-0.05, 0) is 88.7 Å². The molecule has 0 bridgehead atoms. The highest BCUT2D eigenvalue weighted by Crippen LogP contribution is 2.37. The molecular formula is C27H20ClIN2O7. The van der Waals surface area contributed by atoms with E-state index in [1.165, 1.54) is 19.3 Å². The average molecular weight is 647 g/mol. The van der Waals surface area contributed by atoms with Gasteiger partial charge in [0, 0.05) is 5.02 Å². The number of barbiturate groups is 1. The Bertz CT molecular complexity index is 1520. The van der Waals surface area contributed by atoms with E-state index in [4.69, 9.17) is 30.5 Å². The van der Waals surface area contributed by atoms with Crippen LogP contribution in [0.4, 0.5) is 10.5 Å². The molecule has 2 aliphatic heterocycles. The molecule has 2 heterocycles. The minimum absolute atomic E-state index is 0.188. The number of urea groups is 1. The molecule has 4 amide bonds. The summed E-state index contributed by atoms with van der Waals surface area (Å²) in [6, 6.07) is 12.9. The van der Waals surface area contributed by atoms with Crippen LogP contribution in [0.2, 0.25) is 5.02 Å². The van der Waals surface area contributed by atoms with Crippen LogP contribution in [0.3, 0.4) is 0 Å². The lowest BCUT2D eigenvalue weighted by Gasteiger charge is -2.26. The minimum atomic E-state index is -0.850. The molecule has 0 unspecified atom stereocenters. The second kappa shape index (κ2) is 10.5. The predicted molar refractivity (Wildman–Crippen MR) is 148 cm³/mol. The molecular weight excluding hydrogens is 627 g/mol. The van der Waals surface area contributed by atoms with Gasteiger partial charge in [-0.25, -0.2) is 9.69 Å². The van der Waals surface area contributed by atoms with Gasteiger partial charge in [-0.1, -0.05) is 23.7 Å². The fraction of sp³-hybridized carbons (Fsp3) is 0.148. The van der Waals surface area contributed by atoms with Crippen molar-refractivity contribution >= 4 is 63.8 Å². The molecule has 0 atom stereocenters. The first-order valence-corrected chi connectivity index (χ1v) is 12.8. The van der Waals surface area contributed by atoms with Gasteiger partial charge >= 0.3 is 6.03 Å². The number of imide groups is 2. The number of carbonyl (C=O) groups excluding carboxylic acids is 3. The number of rotatable bonds is 6. The van der Waals surface area contributed by atoms with Crippen molar-refractivity contribution in [3.63, 3.8) is 0 Å². The van der Waals surface area contributed by atoms with Crippen molar-refractivity contribution in [1.82, 2.24) is 5.32 Å². The molecule has 0 saturated carbocycles. The summed E-state index contributed by atoms with van der Waals surface area (Å²) in [5.41, 5.74) is 2.21. The van der Waals surface area contributed by atoms with E-state index in [0.717, 1.165) is 16.0 Å². The summed E-state index contributed by atoms with van der Waals surface area (Å²) in [6.07, 6.45) is 1.40. The molecule has 3 aromatic carbocycles. The maximum atomic E-state index is 13.2. The SMILES string of the molecule is COc1cc(/C=C2/C(=O)NC(=O)N(c3ccc(C)c(Cl)c3)C2=O)cc(I)c1OCc1ccc2c(c1)OCO2. The summed E-state index contributed by atoms with van der Waals surface area (Å²) < 4.78 is 23.0. The van der Waals surface area contributed by atoms with Crippen LogP contribution in [0.1, 0.15) is 16.7 Å². The van der Waals surface area contributed by atoms with Crippen LogP contribution >= 0.6 is 34.2 Å². The number of aryl methyl sites for hydroxylation is 1. The van der Waals surface area contributed by atoms with Gasteiger partial charge in [-0.15, -0.1) is 0 Å². The largest absolute Gasteiger partial charge is 0.493 e. The van der Waals surface area contributed by atoms with Gasteiger partial charge < -0.3 is 18.9 Å². The summed E-state index contributed by atoms with van der Waals surface area (Å²) in [6.45, 7) is 2.24. The van der Waals surface area contributed by atoms with Gasteiger partial charge in [0.05, 0.1) is 16.4 Å². The number of fused-ring (bicyclic) bond motifs is 1. The van der Waals surface area contributed by atoms with E-state index in [2.05, 4.69) is 27.9 Å². The van der Waals surface area contributed by atoms with Crippen molar-refractivity contribution in [3.05, 3.63) is 79.4 Å². The number of anilines is 1. The number of hydrogen-bond acceptors (Lipinski definition) is 7. The molecule has 0 aliphatic carbocycles. The molecule has 0 spiro atoms. The summed E-state index contributed by atoms with van der Waals surface area (Å²) in [7, 11) is 1.50. The van der Waals surface area contributed by atoms with Crippen LogP contribution in [-0.2, 0) is 16.2 Å². The quantitative estimate of drug-likeness (QED) is 0.222. The topological polar surface area (TPSA) is 103 Å². The highest BCUT2D eigenvalue weighted by Gasteiger charge is 2.37. The van der Waals surface area contributed by atoms with Gasteiger partial charge in [-0.3, -0.25) is 14.9 Å². The summed E-state index contributed by atoms with van der Waals surface area (Å²) in [5.74, 6) is 0.683. The van der Waals surface area contributed by atoms with Crippen molar-refractivity contribution in [2.45, 2.75) is 13.5 Å². The third-order valence-corrected chi connectivity index (χ3v) is 7.11. The third kappa shape index (κ3) is 5.01. The van der Waals surface area contributed by atoms with Gasteiger partial charge in [-0.2, -0.15) is 0 Å². The van der Waals surface area contributed by atoms with E-state index in [1.54, 1.807) is 31.2 Å². The van der Waals surface area contributed by atoms with Crippen molar-refractivity contribution in [2.75, 3.05) is 18.8 Å². The summed E-state index contributed by atoms with van der Waals surface area (Å²) in [4.78, 5) is 39.3. The first kappa shape index (κ1) is 25.9. The molecule has 2 aliphatic rings. The van der Waals surface area contributed by atoms with Crippen LogP contribution in [0, 0.1) is 10.5 Å². The first-order chi connectivity index (χ1) is 18.2. The van der Waals surface area contributed by atoms with Crippen molar-refractivity contribution in [2.24, 2.45) is 0 Å². The molecule has 38 heavy (non-hydrogen) atoms. The van der Waals surface area contributed by atoms with E-state index < -0.39 is 17.8 Å². The predicted octanol–water partition coefficient (Wildman–Crippen LogP) is 5.24. The average Bonchev–Trinajstić information content (AvgIpc) is 3.35. The first-order valence-electron chi connectivity index (χ1n) is 11.3. The zero-order chi connectivity index (χ0) is 27.0. The van der Waals surface area contributed by atoms with Crippen LogP contribution in [0.25, 0.3) is 6.08 Å². The Hall–Kier alpha value is -3.77. The maximum Gasteiger partial charge on any atom is 0.335 e. The molecule has 1 N–H and O–H groups in total. The molecule has 5 rings (SSSR count). The lowest BCUT2D eigenvalue weighted by molar-refractivity contribution is -0.122. The van der Waals surface area contributed by atoms with Crippen molar-refractivity contribution in [3.8, 4) is 23.0 Å². The number of methoxy groups -OCH3 is 1. The van der Waals surface area contributed by atoms with E-state index >= 15 is 0 Å². The fourth-order valence-corrected chi connectivity index (χ4v) is 4.88. The van der Waals surface area contributed by atoms with Crippen LogP contribution < -0.4 is 29.2 Å². The third-order valence-electron chi connectivity index (χ3n) is 5.90. The van der Waals surface area contributed by atoms with E-state index in [-0.39, 0.29) is 24.7 Å². The molecule has 0 radical (unpaired) electrons. The second-order valence-corrected chi connectivity index (χ2v) is 9.97. The van der Waals surface area contributed by atoms with Gasteiger partial charge in [0.1, 0.15) is 12.2 Å². The minimum Gasteiger partial charge on any atom is -0.493 e. The number of halogens is 2. The number of carbonyl (C=O) groups is 3. The maximum absolute atomic E-state index is 13.2. The number of nitrogens with zero attached hydrogens (tertiary/aromatic N) is 1. The Balaban J connectivity index is 1.41. The molecule has 0 aromatic heterocycles. The molecule has 9 nitrogen and oxygen atoms in total. The lowest BCUT2D eigenvalue weighted by Crippen LogP contribution is -2.54. The summed E-state index contributed by atoms with van der Waals surface area (Å²) >= 11 is 8.28. The number of benzene rings is 3. The highest BCUT2D eigenvalue weighted by atomic mass is 127. The highest BCUT2D eigenvalue weighted by molar-refractivity contribution is 14.1. The van der Waals surface area contributed by atoms with E-state index in [9.17, 15) is 14.4 Å². The number of amides is 4. The Kier molecular flexibility index (Phi) is 7.17. The zero-order valence-corrected chi connectivity index (χ0v) is 23.1. The molecule has 194 valence electrons. The number of nitrogens with one attached hydrogen (secondary N) is 1.